The van der Waals surface area contributed by atoms with Gasteiger partial charge in [-0.05, 0) is 64.5 Å². The lowest BCUT2D eigenvalue weighted by molar-refractivity contribution is 0.102. The Bertz CT molecular complexity index is 1080. The number of anilines is 2. The maximum atomic E-state index is 13.3. The van der Waals surface area contributed by atoms with Crippen LogP contribution in [0.15, 0.2) is 70.3 Å². The number of hydrogen-bond acceptors (Lipinski definition) is 5. The zero-order valence-corrected chi connectivity index (χ0v) is 16.0. The molecule has 0 bridgehead atoms. The van der Waals surface area contributed by atoms with E-state index in [0.29, 0.717) is 10.2 Å². The largest absolute Gasteiger partial charge is 0.322 e. The van der Waals surface area contributed by atoms with Gasteiger partial charge in [0.1, 0.15) is 5.82 Å². The predicted octanol–water partition coefficient (Wildman–Crippen LogP) is 3.43. The van der Waals surface area contributed by atoms with Gasteiger partial charge in [-0.15, -0.1) is 0 Å². The van der Waals surface area contributed by atoms with Crippen LogP contribution >= 0.6 is 15.9 Å². The Morgan fingerprint density at radius 3 is 2.37 bits per heavy atom. The SMILES string of the molecule is O=C(Nc1ccc(S(=O)(=O)Nc2ncccn2)cc1)c1cc(F)ccc1Br. The summed E-state index contributed by atoms with van der Waals surface area (Å²) in [6.07, 6.45) is 2.82. The first kappa shape index (κ1) is 18.9. The summed E-state index contributed by atoms with van der Waals surface area (Å²) in [5, 5.41) is 2.58. The van der Waals surface area contributed by atoms with Crippen molar-refractivity contribution < 1.29 is 17.6 Å². The number of halogens is 2. The van der Waals surface area contributed by atoms with Crippen molar-refractivity contribution in [3.63, 3.8) is 0 Å². The van der Waals surface area contributed by atoms with Crippen molar-refractivity contribution >= 4 is 43.5 Å². The number of rotatable bonds is 5. The minimum atomic E-state index is -3.87. The Hall–Kier alpha value is -2.85. The van der Waals surface area contributed by atoms with E-state index in [1.807, 2.05) is 0 Å². The summed E-state index contributed by atoms with van der Waals surface area (Å²) in [6.45, 7) is 0. The van der Waals surface area contributed by atoms with Crippen molar-refractivity contribution in [2.45, 2.75) is 4.90 Å². The van der Waals surface area contributed by atoms with Crippen LogP contribution in [0.25, 0.3) is 0 Å². The van der Waals surface area contributed by atoms with Crippen LogP contribution in [0.1, 0.15) is 10.4 Å². The number of nitrogens with zero attached hydrogens (tertiary/aromatic N) is 2. The van der Waals surface area contributed by atoms with E-state index in [4.69, 9.17) is 0 Å². The maximum Gasteiger partial charge on any atom is 0.264 e. The molecule has 10 heteroatoms. The minimum Gasteiger partial charge on any atom is -0.322 e. The fraction of sp³-hybridized carbons (Fsp3) is 0. The summed E-state index contributed by atoms with van der Waals surface area (Å²) in [5.41, 5.74) is 0.473. The second-order valence-corrected chi connectivity index (χ2v) is 7.82. The third-order valence-corrected chi connectivity index (χ3v) is 5.42. The fourth-order valence-corrected chi connectivity index (χ4v) is 3.50. The van der Waals surface area contributed by atoms with Gasteiger partial charge in [0.25, 0.3) is 15.9 Å². The molecule has 0 aliphatic heterocycles. The average Bonchev–Trinajstić information content (AvgIpc) is 2.64. The zero-order valence-electron chi connectivity index (χ0n) is 13.6. The van der Waals surface area contributed by atoms with Gasteiger partial charge in [0.15, 0.2) is 0 Å². The summed E-state index contributed by atoms with van der Waals surface area (Å²) in [6, 6.07) is 10.8. The van der Waals surface area contributed by atoms with Gasteiger partial charge >= 0.3 is 0 Å². The lowest BCUT2D eigenvalue weighted by Gasteiger charge is -2.09. The molecule has 0 saturated heterocycles. The molecule has 27 heavy (non-hydrogen) atoms. The Kier molecular flexibility index (Phi) is 5.47. The number of aromatic nitrogens is 2. The molecule has 0 fully saturated rings. The minimum absolute atomic E-state index is 0.0279. The number of hydrogen-bond donors (Lipinski definition) is 2. The first-order chi connectivity index (χ1) is 12.8. The van der Waals surface area contributed by atoms with Crippen molar-refractivity contribution in [2.24, 2.45) is 0 Å². The summed E-state index contributed by atoms with van der Waals surface area (Å²) in [4.78, 5) is 19.8. The molecule has 138 valence electrons. The molecule has 0 aliphatic carbocycles. The van der Waals surface area contributed by atoms with Gasteiger partial charge in [-0.2, -0.15) is 0 Å². The number of amides is 1. The van der Waals surface area contributed by atoms with Crippen LogP contribution < -0.4 is 10.0 Å². The Labute approximate surface area is 162 Å². The Morgan fingerprint density at radius 2 is 1.70 bits per heavy atom. The van der Waals surface area contributed by atoms with Crippen molar-refractivity contribution in [3.05, 3.63) is 76.8 Å². The molecular formula is C17H12BrFN4O3S. The smallest absolute Gasteiger partial charge is 0.264 e. The average molecular weight is 451 g/mol. The van der Waals surface area contributed by atoms with Gasteiger partial charge < -0.3 is 5.32 Å². The predicted molar refractivity (Wildman–Crippen MR) is 101 cm³/mol. The molecule has 0 radical (unpaired) electrons. The van der Waals surface area contributed by atoms with Crippen molar-refractivity contribution in [1.82, 2.24) is 9.97 Å². The van der Waals surface area contributed by atoms with Gasteiger partial charge in [0.05, 0.1) is 10.5 Å². The van der Waals surface area contributed by atoms with Crippen LogP contribution in [-0.2, 0) is 10.0 Å². The van der Waals surface area contributed by atoms with E-state index in [-0.39, 0.29) is 16.4 Å². The van der Waals surface area contributed by atoms with Crippen LogP contribution in [-0.4, -0.2) is 24.3 Å². The molecule has 1 aromatic heterocycles. The summed E-state index contributed by atoms with van der Waals surface area (Å²) >= 11 is 3.19. The van der Waals surface area contributed by atoms with Crippen molar-refractivity contribution in [1.29, 1.82) is 0 Å². The van der Waals surface area contributed by atoms with E-state index < -0.39 is 21.7 Å². The third-order valence-electron chi connectivity index (χ3n) is 3.39. The first-order valence-electron chi connectivity index (χ1n) is 7.51. The highest BCUT2D eigenvalue weighted by atomic mass is 79.9. The summed E-state index contributed by atoms with van der Waals surface area (Å²) < 4.78 is 40.6. The monoisotopic (exact) mass is 450 g/mol. The fourth-order valence-electron chi connectivity index (χ4n) is 2.12. The molecule has 7 nitrogen and oxygen atoms in total. The van der Waals surface area contributed by atoms with E-state index in [9.17, 15) is 17.6 Å². The molecular weight excluding hydrogens is 439 g/mol. The molecule has 1 amide bonds. The number of sulfonamides is 1. The van der Waals surface area contributed by atoms with E-state index in [2.05, 4.69) is 35.9 Å². The summed E-state index contributed by atoms with van der Waals surface area (Å²) in [7, 11) is -3.87. The van der Waals surface area contributed by atoms with Crippen LogP contribution in [0.4, 0.5) is 16.0 Å². The van der Waals surface area contributed by atoms with E-state index >= 15 is 0 Å². The highest BCUT2D eigenvalue weighted by Gasteiger charge is 2.16. The van der Waals surface area contributed by atoms with E-state index in [0.717, 1.165) is 6.07 Å². The number of carbonyl (C=O) groups excluding carboxylic acids is 1. The lowest BCUT2D eigenvalue weighted by Crippen LogP contribution is -2.15. The van der Waals surface area contributed by atoms with Crippen molar-refractivity contribution in [3.8, 4) is 0 Å². The Balaban J connectivity index is 1.75. The molecule has 3 rings (SSSR count). The normalized spacial score (nSPS) is 11.0. The van der Waals surface area contributed by atoms with Gasteiger partial charge in [-0.25, -0.2) is 27.5 Å². The topological polar surface area (TPSA) is 101 Å². The molecule has 0 spiro atoms. The lowest BCUT2D eigenvalue weighted by atomic mass is 10.2. The second kappa shape index (κ2) is 7.80. The van der Waals surface area contributed by atoms with Crippen LogP contribution in [0.5, 0.6) is 0 Å². The molecule has 2 aromatic carbocycles. The molecule has 0 atom stereocenters. The highest BCUT2D eigenvalue weighted by Crippen LogP contribution is 2.21. The van der Waals surface area contributed by atoms with Gasteiger partial charge in [0, 0.05) is 22.6 Å². The number of carbonyl (C=O) groups is 1. The van der Waals surface area contributed by atoms with E-state index in [1.165, 1.54) is 48.8 Å². The summed E-state index contributed by atoms with van der Waals surface area (Å²) in [5.74, 6) is -1.13. The van der Waals surface area contributed by atoms with Gasteiger partial charge in [-0.1, -0.05) is 0 Å². The van der Waals surface area contributed by atoms with E-state index in [1.54, 1.807) is 6.07 Å². The van der Waals surface area contributed by atoms with Crippen LogP contribution in [0.3, 0.4) is 0 Å². The maximum absolute atomic E-state index is 13.3. The molecule has 0 aliphatic rings. The zero-order chi connectivity index (χ0) is 19.4. The second-order valence-electron chi connectivity index (χ2n) is 5.28. The number of benzene rings is 2. The Morgan fingerprint density at radius 1 is 1.04 bits per heavy atom. The van der Waals surface area contributed by atoms with Crippen molar-refractivity contribution in [2.75, 3.05) is 10.0 Å². The highest BCUT2D eigenvalue weighted by molar-refractivity contribution is 9.10. The standard InChI is InChI=1S/C17H12BrFN4O3S/c18-15-7-2-11(19)10-14(15)16(24)22-12-3-5-13(6-4-12)27(25,26)23-17-20-8-1-9-21-17/h1-10H,(H,22,24)(H,20,21,23). The quantitative estimate of drug-likeness (QED) is 0.619. The van der Waals surface area contributed by atoms with Crippen LogP contribution in [0.2, 0.25) is 0 Å². The molecule has 0 saturated carbocycles. The molecule has 2 N–H and O–H groups in total. The number of nitrogens with one attached hydrogen (secondary N) is 2. The molecule has 0 unspecified atom stereocenters. The van der Waals surface area contributed by atoms with Gasteiger partial charge in [-0.3, -0.25) is 4.79 Å². The van der Waals surface area contributed by atoms with Gasteiger partial charge in [0.2, 0.25) is 5.95 Å². The first-order valence-corrected chi connectivity index (χ1v) is 9.79. The molecule has 1 heterocycles. The van der Waals surface area contributed by atoms with Crippen LogP contribution in [0, 0.1) is 5.82 Å². The molecule has 3 aromatic rings. The third kappa shape index (κ3) is 4.66.